The Morgan fingerprint density at radius 3 is 2.19 bits per heavy atom. The van der Waals surface area contributed by atoms with Gasteiger partial charge in [0.25, 0.3) is 10.0 Å². The third-order valence-electron chi connectivity index (χ3n) is 4.82. The minimum atomic E-state index is -3.99. The second-order valence-electron chi connectivity index (χ2n) is 6.95. The van der Waals surface area contributed by atoms with Crippen LogP contribution in [0.2, 0.25) is 0 Å². The van der Waals surface area contributed by atoms with E-state index in [0.717, 1.165) is 11.1 Å². The van der Waals surface area contributed by atoms with E-state index in [1.807, 2.05) is 30.3 Å². The Morgan fingerprint density at radius 2 is 1.55 bits per heavy atom. The fraction of sp³-hybridized carbons (Fsp3) is 0.0435. The molecule has 0 saturated heterocycles. The van der Waals surface area contributed by atoms with Crippen molar-refractivity contribution in [3.8, 4) is 23.5 Å². The molecule has 8 heteroatoms. The average Bonchev–Trinajstić information content (AvgIpc) is 2.74. The van der Waals surface area contributed by atoms with Gasteiger partial charge >= 0.3 is 11.1 Å². The number of benzene rings is 3. The summed E-state index contributed by atoms with van der Waals surface area (Å²) >= 11 is 0. The van der Waals surface area contributed by atoms with Crippen molar-refractivity contribution >= 4 is 26.7 Å². The number of rotatable bonds is 4. The lowest BCUT2D eigenvalue weighted by molar-refractivity contribution is 0.600. The Kier molecular flexibility index (Phi) is 4.97. The number of hydrogen-bond donors (Lipinski definition) is 3. The molecule has 1 aromatic heterocycles. The smallest absolute Gasteiger partial charge is 0.314 e. The Balaban J connectivity index is 1.75. The van der Waals surface area contributed by atoms with Gasteiger partial charge in [0.15, 0.2) is 0 Å². The van der Waals surface area contributed by atoms with Crippen molar-refractivity contribution in [1.29, 1.82) is 0 Å². The second-order valence-corrected chi connectivity index (χ2v) is 8.60. The molecule has 0 radical (unpaired) electrons. The van der Waals surface area contributed by atoms with Crippen molar-refractivity contribution in [2.75, 3.05) is 4.72 Å². The minimum Gasteiger partial charge on any atom is -0.316 e. The summed E-state index contributed by atoms with van der Waals surface area (Å²) in [6.07, 6.45) is 5.65. The molecule has 4 aromatic rings. The van der Waals surface area contributed by atoms with Crippen LogP contribution in [0.3, 0.4) is 0 Å². The Bertz CT molecular complexity index is 1580. The van der Waals surface area contributed by atoms with Gasteiger partial charge in [-0.05, 0) is 47.9 Å². The number of aryl methyl sites for hydroxylation is 1. The van der Waals surface area contributed by atoms with E-state index >= 15 is 0 Å². The van der Waals surface area contributed by atoms with Crippen LogP contribution >= 0.6 is 0 Å². The predicted molar refractivity (Wildman–Crippen MR) is 121 cm³/mol. The van der Waals surface area contributed by atoms with E-state index in [4.69, 9.17) is 6.42 Å². The Labute approximate surface area is 177 Å². The zero-order valence-corrected chi connectivity index (χ0v) is 17.2. The number of sulfonamides is 1. The van der Waals surface area contributed by atoms with Gasteiger partial charge < -0.3 is 9.97 Å². The molecule has 0 bridgehead atoms. The van der Waals surface area contributed by atoms with E-state index in [-0.39, 0.29) is 10.4 Å². The first-order valence-electron chi connectivity index (χ1n) is 9.24. The molecule has 31 heavy (non-hydrogen) atoms. The van der Waals surface area contributed by atoms with E-state index in [1.54, 1.807) is 25.1 Å². The van der Waals surface area contributed by atoms with Crippen LogP contribution < -0.4 is 15.8 Å². The van der Waals surface area contributed by atoms with Gasteiger partial charge in [0.1, 0.15) is 0 Å². The van der Waals surface area contributed by atoms with Crippen LogP contribution in [-0.4, -0.2) is 18.4 Å². The summed E-state index contributed by atoms with van der Waals surface area (Å²) < 4.78 is 28.6. The zero-order chi connectivity index (χ0) is 22.2. The van der Waals surface area contributed by atoms with Crippen molar-refractivity contribution in [1.82, 2.24) is 9.97 Å². The van der Waals surface area contributed by atoms with E-state index in [1.165, 1.54) is 12.1 Å². The molecular formula is C23H17N3O4S. The highest BCUT2D eigenvalue weighted by molar-refractivity contribution is 7.92. The molecule has 0 saturated carbocycles. The number of fused-ring (bicyclic) bond motifs is 1. The SMILES string of the molecule is C#Cc1cc(NS(=O)(=O)c2cc3[nH]c(=O)c(=O)[nH]c3cc2C)ccc1-c1ccccc1. The van der Waals surface area contributed by atoms with E-state index in [9.17, 15) is 18.0 Å². The fourth-order valence-electron chi connectivity index (χ4n) is 3.35. The minimum absolute atomic E-state index is 0.0305. The molecule has 154 valence electrons. The molecule has 4 rings (SSSR count). The molecule has 7 nitrogen and oxygen atoms in total. The molecule has 3 aromatic carbocycles. The standard InChI is InChI=1S/C23H17N3O4S/c1-3-15-12-17(9-10-18(15)16-7-5-4-6-8-16)26-31(29,30)21-13-20-19(11-14(21)2)24-22(27)23(28)25-20/h1,4-13,26H,2H3,(H,24,27)(H,25,28). The third-order valence-corrected chi connectivity index (χ3v) is 6.34. The van der Waals surface area contributed by atoms with Crippen LogP contribution in [0.1, 0.15) is 11.1 Å². The van der Waals surface area contributed by atoms with Crippen molar-refractivity contribution in [2.45, 2.75) is 11.8 Å². The number of anilines is 1. The first-order valence-corrected chi connectivity index (χ1v) is 10.7. The molecule has 0 fully saturated rings. The summed E-state index contributed by atoms with van der Waals surface area (Å²) in [6, 6.07) is 17.3. The highest BCUT2D eigenvalue weighted by Crippen LogP contribution is 2.28. The molecule has 0 spiro atoms. The fourth-order valence-corrected chi connectivity index (χ4v) is 4.65. The summed E-state index contributed by atoms with van der Waals surface area (Å²) in [5, 5.41) is 0. The maximum absolute atomic E-state index is 13.0. The Hall–Kier alpha value is -4.09. The lowest BCUT2D eigenvalue weighted by Gasteiger charge is -2.13. The molecule has 0 unspecified atom stereocenters. The monoisotopic (exact) mass is 431 g/mol. The first kappa shape index (κ1) is 20.2. The van der Waals surface area contributed by atoms with Crippen LogP contribution in [-0.2, 0) is 10.0 Å². The van der Waals surface area contributed by atoms with Crippen molar-refractivity contribution in [2.24, 2.45) is 0 Å². The van der Waals surface area contributed by atoms with Gasteiger partial charge in [-0.1, -0.05) is 42.3 Å². The highest BCUT2D eigenvalue weighted by Gasteiger charge is 2.19. The number of nitrogens with one attached hydrogen (secondary N) is 3. The van der Waals surface area contributed by atoms with Crippen molar-refractivity contribution in [3.05, 3.63) is 92.5 Å². The molecule has 3 N–H and O–H groups in total. The zero-order valence-electron chi connectivity index (χ0n) is 16.4. The van der Waals surface area contributed by atoms with Crippen LogP contribution in [0.4, 0.5) is 5.69 Å². The van der Waals surface area contributed by atoms with Gasteiger partial charge in [-0.3, -0.25) is 14.3 Å². The van der Waals surface area contributed by atoms with Gasteiger partial charge in [-0.15, -0.1) is 6.42 Å². The summed E-state index contributed by atoms with van der Waals surface area (Å²) in [4.78, 5) is 27.9. The lowest BCUT2D eigenvalue weighted by Crippen LogP contribution is -2.29. The quantitative estimate of drug-likeness (QED) is 0.341. The molecule has 0 aliphatic rings. The maximum Gasteiger partial charge on any atom is 0.314 e. The molecule has 0 amide bonds. The van der Waals surface area contributed by atoms with E-state index < -0.39 is 21.1 Å². The summed E-state index contributed by atoms with van der Waals surface area (Å²) in [5.74, 6) is 2.60. The number of hydrogen-bond acceptors (Lipinski definition) is 4. The van der Waals surface area contributed by atoms with Gasteiger partial charge in [-0.25, -0.2) is 8.42 Å². The maximum atomic E-state index is 13.0. The third kappa shape index (κ3) is 3.86. The largest absolute Gasteiger partial charge is 0.316 e. The van der Waals surface area contributed by atoms with Crippen LogP contribution in [0.15, 0.2) is 75.1 Å². The summed E-state index contributed by atoms with van der Waals surface area (Å²) in [5.41, 5.74) is 1.88. The predicted octanol–water partition coefficient (Wildman–Crippen LogP) is 2.97. The average molecular weight is 431 g/mol. The summed E-state index contributed by atoms with van der Waals surface area (Å²) in [6.45, 7) is 1.60. The summed E-state index contributed by atoms with van der Waals surface area (Å²) in [7, 11) is -3.99. The number of aromatic nitrogens is 2. The van der Waals surface area contributed by atoms with Gasteiger partial charge in [-0.2, -0.15) is 0 Å². The van der Waals surface area contributed by atoms with Gasteiger partial charge in [0.2, 0.25) is 0 Å². The van der Waals surface area contributed by atoms with Gasteiger partial charge in [0, 0.05) is 5.56 Å². The number of terminal acetylenes is 1. The molecule has 0 aliphatic heterocycles. The Morgan fingerprint density at radius 1 is 0.903 bits per heavy atom. The van der Waals surface area contributed by atoms with E-state index in [2.05, 4.69) is 20.6 Å². The molecule has 0 atom stereocenters. The molecule has 0 aliphatic carbocycles. The molecule has 1 heterocycles. The highest BCUT2D eigenvalue weighted by atomic mass is 32.2. The normalized spacial score (nSPS) is 11.2. The lowest BCUT2D eigenvalue weighted by atomic mass is 10.00. The number of aromatic amines is 2. The molecular weight excluding hydrogens is 414 g/mol. The van der Waals surface area contributed by atoms with Crippen LogP contribution in [0, 0.1) is 19.3 Å². The second kappa shape index (κ2) is 7.63. The topological polar surface area (TPSA) is 112 Å². The number of H-pyrrole nitrogens is 2. The van der Waals surface area contributed by atoms with E-state index in [0.29, 0.717) is 22.3 Å². The van der Waals surface area contributed by atoms with Crippen molar-refractivity contribution < 1.29 is 8.42 Å². The van der Waals surface area contributed by atoms with Crippen molar-refractivity contribution in [3.63, 3.8) is 0 Å². The van der Waals surface area contributed by atoms with Crippen LogP contribution in [0.5, 0.6) is 0 Å². The first-order chi connectivity index (χ1) is 14.8. The van der Waals surface area contributed by atoms with Crippen LogP contribution in [0.25, 0.3) is 22.2 Å². The van der Waals surface area contributed by atoms with Gasteiger partial charge in [0.05, 0.1) is 21.6 Å².